The molecule has 0 radical (unpaired) electrons. The molecule has 0 aliphatic carbocycles. The maximum atomic E-state index is 11.6. The lowest BCUT2D eigenvalue weighted by Gasteiger charge is -2.15. The molecule has 0 bridgehead atoms. The van der Waals surface area contributed by atoms with Crippen LogP contribution in [0.1, 0.15) is 18.9 Å². The molecule has 6 heteroatoms. The molecule has 0 aromatic heterocycles. The van der Waals surface area contributed by atoms with E-state index in [0.717, 1.165) is 12.1 Å². The van der Waals surface area contributed by atoms with Crippen molar-refractivity contribution >= 4 is 5.91 Å². The lowest BCUT2D eigenvalue weighted by atomic mass is 10.2. The lowest BCUT2D eigenvalue weighted by Crippen LogP contribution is -2.29. The fraction of sp³-hybridized carbons (Fsp3) is 0.467. The van der Waals surface area contributed by atoms with E-state index in [1.54, 1.807) is 13.2 Å². The van der Waals surface area contributed by atoms with Gasteiger partial charge in [0.15, 0.2) is 18.1 Å². The third kappa shape index (κ3) is 5.71. The first-order chi connectivity index (χ1) is 10.2. The number of benzene rings is 1. The molecule has 0 fully saturated rings. The summed E-state index contributed by atoms with van der Waals surface area (Å²) in [5, 5.41) is 14.2. The Morgan fingerprint density at radius 2 is 2.24 bits per heavy atom. The van der Waals surface area contributed by atoms with Gasteiger partial charge in [-0.1, -0.05) is 19.1 Å². The van der Waals surface area contributed by atoms with Crippen molar-refractivity contribution in [3.05, 3.63) is 23.8 Å². The van der Waals surface area contributed by atoms with Crippen molar-refractivity contribution in [2.75, 3.05) is 26.8 Å². The van der Waals surface area contributed by atoms with Gasteiger partial charge in [0.2, 0.25) is 0 Å². The number of nitrogens with one attached hydrogen (secondary N) is 2. The van der Waals surface area contributed by atoms with E-state index in [2.05, 4.69) is 10.6 Å². The van der Waals surface area contributed by atoms with E-state index < -0.39 is 0 Å². The van der Waals surface area contributed by atoms with Crippen LogP contribution in [-0.2, 0) is 11.3 Å². The minimum absolute atomic E-state index is 0.106. The topological polar surface area (TPSA) is 83.4 Å². The van der Waals surface area contributed by atoms with E-state index in [4.69, 9.17) is 14.7 Å². The first kappa shape index (κ1) is 16.8. The normalized spacial score (nSPS) is 9.76. The van der Waals surface area contributed by atoms with E-state index in [1.165, 1.54) is 0 Å². The average Bonchev–Trinajstić information content (AvgIpc) is 2.51. The summed E-state index contributed by atoms with van der Waals surface area (Å²) in [6.45, 7) is 3.72. The van der Waals surface area contributed by atoms with Crippen LogP contribution in [0.15, 0.2) is 18.2 Å². The van der Waals surface area contributed by atoms with Gasteiger partial charge in [0, 0.05) is 18.7 Å². The Bertz CT molecular complexity index is 497. The quantitative estimate of drug-likeness (QED) is 0.668. The SMILES string of the molecule is CCNCc1cccc(OC)c1OCC(=O)NCCC#N. The zero-order valence-corrected chi connectivity index (χ0v) is 12.4. The number of para-hydroxylation sites is 1. The molecular formula is C15H21N3O3. The van der Waals surface area contributed by atoms with E-state index in [0.29, 0.717) is 24.6 Å². The van der Waals surface area contributed by atoms with E-state index in [1.807, 2.05) is 25.1 Å². The lowest BCUT2D eigenvalue weighted by molar-refractivity contribution is -0.123. The fourth-order valence-corrected chi connectivity index (χ4v) is 1.73. The molecule has 0 saturated heterocycles. The van der Waals surface area contributed by atoms with Crippen molar-refractivity contribution in [3.63, 3.8) is 0 Å². The van der Waals surface area contributed by atoms with Crippen LogP contribution in [0, 0.1) is 11.3 Å². The number of hydrogen-bond donors (Lipinski definition) is 2. The number of methoxy groups -OCH3 is 1. The summed E-state index contributed by atoms with van der Waals surface area (Å²) in [4.78, 5) is 11.6. The molecule has 0 heterocycles. The van der Waals surface area contributed by atoms with Crippen molar-refractivity contribution in [1.82, 2.24) is 10.6 Å². The van der Waals surface area contributed by atoms with Crippen LogP contribution < -0.4 is 20.1 Å². The van der Waals surface area contributed by atoms with Crippen LogP contribution in [0.2, 0.25) is 0 Å². The molecule has 0 spiro atoms. The molecule has 0 aliphatic rings. The molecule has 21 heavy (non-hydrogen) atoms. The predicted octanol–water partition coefficient (Wildman–Crippen LogP) is 1.21. The Hall–Kier alpha value is -2.26. The summed E-state index contributed by atoms with van der Waals surface area (Å²) in [5.41, 5.74) is 0.932. The number of hydrogen-bond acceptors (Lipinski definition) is 5. The molecule has 114 valence electrons. The number of ether oxygens (including phenoxy) is 2. The molecule has 1 aromatic carbocycles. The molecule has 1 rings (SSSR count). The summed E-state index contributed by atoms with van der Waals surface area (Å²) >= 11 is 0. The van der Waals surface area contributed by atoms with Crippen molar-refractivity contribution < 1.29 is 14.3 Å². The van der Waals surface area contributed by atoms with Crippen LogP contribution in [0.3, 0.4) is 0 Å². The summed E-state index contributed by atoms with van der Waals surface area (Å²) < 4.78 is 10.9. The highest BCUT2D eigenvalue weighted by Gasteiger charge is 2.12. The molecule has 0 atom stereocenters. The van der Waals surface area contributed by atoms with Gasteiger partial charge in [0.05, 0.1) is 19.6 Å². The zero-order valence-electron chi connectivity index (χ0n) is 12.4. The highest BCUT2D eigenvalue weighted by molar-refractivity contribution is 5.77. The molecule has 2 N–H and O–H groups in total. The summed E-state index contributed by atoms with van der Waals surface area (Å²) in [5.74, 6) is 0.900. The van der Waals surface area contributed by atoms with E-state index in [-0.39, 0.29) is 18.9 Å². The van der Waals surface area contributed by atoms with Gasteiger partial charge in [0.1, 0.15) is 0 Å². The average molecular weight is 291 g/mol. The van der Waals surface area contributed by atoms with Gasteiger partial charge in [-0.3, -0.25) is 4.79 Å². The minimum Gasteiger partial charge on any atom is -0.493 e. The van der Waals surface area contributed by atoms with E-state index in [9.17, 15) is 4.79 Å². The summed E-state index contributed by atoms with van der Waals surface area (Å²) in [6.07, 6.45) is 0.284. The number of carbonyl (C=O) groups excluding carboxylic acids is 1. The summed E-state index contributed by atoms with van der Waals surface area (Å²) in [6, 6.07) is 7.56. The van der Waals surface area contributed by atoms with Crippen LogP contribution in [0.25, 0.3) is 0 Å². The predicted molar refractivity (Wildman–Crippen MR) is 79.1 cm³/mol. The van der Waals surface area contributed by atoms with Gasteiger partial charge in [-0.25, -0.2) is 0 Å². The monoisotopic (exact) mass is 291 g/mol. The largest absolute Gasteiger partial charge is 0.493 e. The second kappa shape index (κ2) is 9.61. The minimum atomic E-state index is -0.259. The van der Waals surface area contributed by atoms with Gasteiger partial charge in [-0.2, -0.15) is 5.26 Å². The van der Waals surface area contributed by atoms with Gasteiger partial charge in [-0.15, -0.1) is 0 Å². The maximum Gasteiger partial charge on any atom is 0.257 e. The van der Waals surface area contributed by atoms with Crippen LogP contribution in [0.4, 0.5) is 0 Å². The van der Waals surface area contributed by atoms with Gasteiger partial charge in [0.25, 0.3) is 5.91 Å². The Labute approximate surface area is 125 Å². The van der Waals surface area contributed by atoms with Crippen molar-refractivity contribution in [2.24, 2.45) is 0 Å². The zero-order chi connectivity index (χ0) is 15.5. The smallest absolute Gasteiger partial charge is 0.257 e. The summed E-state index contributed by atoms with van der Waals surface area (Å²) in [7, 11) is 1.56. The fourth-order valence-electron chi connectivity index (χ4n) is 1.73. The Morgan fingerprint density at radius 1 is 1.43 bits per heavy atom. The standard InChI is InChI=1S/C15H21N3O3/c1-3-17-10-12-6-4-7-13(20-2)15(12)21-11-14(19)18-9-5-8-16/h4,6-7,17H,3,5,9-11H2,1-2H3,(H,18,19). The second-order valence-electron chi connectivity index (χ2n) is 4.28. The Kier molecular flexibility index (Phi) is 7.69. The molecule has 1 amide bonds. The van der Waals surface area contributed by atoms with Gasteiger partial charge >= 0.3 is 0 Å². The van der Waals surface area contributed by atoms with Crippen LogP contribution in [0.5, 0.6) is 11.5 Å². The Morgan fingerprint density at radius 3 is 2.90 bits per heavy atom. The highest BCUT2D eigenvalue weighted by Crippen LogP contribution is 2.30. The second-order valence-corrected chi connectivity index (χ2v) is 4.28. The number of carbonyl (C=O) groups is 1. The van der Waals surface area contributed by atoms with Gasteiger partial charge < -0.3 is 20.1 Å². The number of nitriles is 1. The van der Waals surface area contributed by atoms with E-state index >= 15 is 0 Å². The molecular weight excluding hydrogens is 270 g/mol. The highest BCUT2D eigenvalue weighted by atomic mass is 16.5. The maximum absolute atomic E-state index is 11.6. The van der Waals surface area contributed by atoms with Crippen molar-refractivity contribution in [3.8, 4) is 17.6 Å². The Balaban J connectivity index is 2.67. The van der Waals surface area contributed by atoms with Crippen LogP contribution >= 0.6 is 0 Å². The van der Waals surface area contributed by atoms with Crippen LogP contribution in [-0.4, -0.2) is 32.7 Å². The van der Waals surface area contributed by atoms with Crippen molar-refractivity contribution in [1.29, 1.82) is 5.26 Å². The van der Waals surface area contributed by atoms with Crippen molar-refractivity contribution in [2.45, 2.75) is 19.9 Å². The first-order valence-corrected chi connectivity index (χ1v) is 6.86. The van der Waals surface area contributed by atoms with Gasteiger partial charge in [-0.05, 0) is 12.6 Å². The molecule has 1 aromatic rings. The molecule has 0 aliphatic heterocycles. The molecule has 0 unspecified atom stereocenters. The molecule has 0 saturated carbocycles. The number of amides is 1. The third-order valence-corrected chi connectivity index (χ3v) is 2.75. The number of nitrogens with zero attached hydrogens (tertiary/aromatic N) is 1. The molecule has 6 nitrogen and oxygen atoms in total. The third-order valence-electron chi connectivity index (χ3n) is 2.75. The first-order valence-electron chi connectivity index (χ1n) is 6.86. The number of rotatable bonds is 9.